The fourth-order valence-electron chi connectivity index (χ4n) is 1.70. The number of hydrogen-bond donors (Lipinski definition) is 2. The van der Waals surface area contributed by atoms with E-state index < -0.39 is 6.10 Å². The minimum absolute atomic E-state index is 0.0631. The van der Waals surface area contributed by atoms with Crippen LogP contribution in [0.1, 0.15) is 33.6 Å². The van der Waals surface area contributed by atoms with Crippen LogP contribution < -0.4 is 5.32 Å². The number of aliphatic hydroxyl groups excluding tert-OH is 1. The smallest absolute Gasteiger partial charge is 0.225 e. The van der Waals surface area contributed by atoms with E-state index in [4.69, 9.17) is 4.74 Å². The molecule has 1 amide bonds. The number of nitrogens with one attached hydrogen (secondary N) is 1. The fourth-order valence-corrected chi connectivity index (χ4v) is 1.70. The highest BCUT2D eigenvalue weighted by molar-refractivity contribution is 5.78. The second kappa shape index (κ2) is 8.53. The number of carbonyl (C=O) groups is 1. The number of hydrogen-bond acceptors (Lipinski definition) is 3. The number of rotatable bonds is 8. The molecule has 16 heavy (non-hydrogen) atoms. The highest BCUT2D eigenvalue weighted by atomic mass is 16.5. The zero-order valence-electron chi connectivity index (χ0n) is 10.8. The third-order valence-electron chi connectivity index (χ3n) is 2.94. The van der Waals surface area contributed by atoms with Gasteiger partial charge in [-0.15, -0.1) is 0 Å². The molecular formula is C12H25NO3. The van der Waals surface area contributed by atoms with Gasteiger partial charge >= 0.3 is 0 Å². The van der Waals surface area contributed by atoms with Crippen molar-refractivity contribution in [1.82, 2.24) is 5.32 Å². The van der Waals surface area contributed by atoms with Crippen molar-refractivity contribution in [2.75, 3.05) is 20.3 Å². The third kappa shape index (κ3) is 5.47. The van der Waals surface area contributed by atoms with Gasteiger partial charge in [0.1, 0.15) is 0 Å². The SMILES string of the molecule is CCC(CC)C(O)CNC(=O)C(C)COC. The van der Waals surface area contributed by atoms with Crippen molar-refractivity contribution < 1.29 is 14.6 Å². The maximum absolute atomic E-state index is 11.5. The van der Waals surface area contributed by atoms with E-state index in [1.807, 2.05) is 20.8 Å². The Morgan fingerprint density at radius 1 is 1.38 bits per heavy atom. The maximum atomic E-state index is 11.5. The van der Waals surface area contributed by atoms with Gasteiger partial charge in [0.05, 0.1) is 18.6 Å². The highest BCUT2D eigenvalue weighted by Gasteiger charge is 2.18. The maximum Gasteiger partial charge on any atom is 0.225 e. The van der Waals surface area contributed by atoms with Crippen molar-refractivity contribution in [3.63, 3.8) is 0 Å². The van der Waals surface area contributed by atoms with Gasteiger partial charge in [-0.05, 0) is 5.92 Å². The van der Waals surface area contributed by atoms with E-state index in [9.17, 15) is 9.90 Å². The Bertz CT molecular complexity index is 193. The van der Waals surface area contributed by atoms with Crippen LogP contribution in [0.2, 0.25) is 0 Å². The molecule has 0 bridgehead atoms. The minimum atomic E-state index is -0.450. The van der Waals surface area contributed by atoms with Crippen LogP contribution >= 0.6 is 0 Å². The summed E-state index contributed by atoms with van der Waals surface area (Å²) in [5, 5.41) is 12.6. The first kappa shape index (κ1) is 15.4. The molecule has 4 nitrogen and oxygen atoms in total. The average Bonchev–Trinajstić information content (AvgIpc) is 2.27. The van der Waals surface area contributed by atoms with E-state index in [1.165, 1.54) is 0 Å². The Kier molecular flexibility index (Phi) is 8.21. The predicted octanol–water partition coefficient (Wildman–Crippen LogP) is 1.18. The zero-order valence-corrected chi connectivity index (χ0v) is 10.8. The van der Waals surface area contributed by atoms with E-state index in [0.717, 1.165) is 12.8 Å². The molecular weight excluding hydrogens is 206 g/mol. The van der Waals surface area contributed by atoms with Gasteiger partial charge < -0.3 is 15.2 Å². The van der Waals surface area contributed by atoms with E-state index in [2.05, 4.69) is 5.32 Å². The summed E-state index contributed by atoms with van der Waals surface area (Å²) in [5.74, 6) is 0.0313. The van der Waals surface area contributed by atoms with Gasteiger partial charge in [-0.25, -0.2) is 0 Å². The van der Waals surface area contributed by atoms with Gasteiger partial charge in [-0.2, -0.15) is 0 Å². The van der Waals surface area contributed by atoms with E-state index in [0.29, 0.717) is 13.2 Å². The molecule has 4 heteroatoms. The van der Waals surface area contributed by atoms with E-state index >= 15 is 0 Å². The Morgan fingerprint density at radius 2 is 1.94 bits per heavy atom. The lowest BCUT2D eigenvalue weighted by Gasteiger charge is -2.21. The van der Waals surface area contributed by atoms with Gasteiger partial charge in [0, 0.05) is 13.7 Å². The van der Waals surface area contributed by atoms with Crippen LogP contribution in [0, 0.1) is 11.8 Å². The fraction of sp³-hybridized carbons (Fsp3) is 0.917. The molecule has 0 aromatic rings. The monoisotopic (exact) mass is 231 g/mol. The largest absolute Gasteiger partial charge is 0.391 e. The Labute approximate surface area is 98.4 Å². The lowest BCUT2D eigenvalue weighted by atomic mass is 9.96. The first-order valence-electron chi connectivity index (χ1n) is 6.01. The molecule has 0 aromatic heterocycles. The quantitative estimate of drug-likeness (QED) is 0.659. The van der Waals surface area contributed by atoms with E-state index in [1.54, 1.807) is 7.11 Å². The van der Waals surface area contributed by atoms with Gasteiger partial charge in [0.15, 0.2) is 0 Å². The van der Waals surface area contributed by atoms with Crippen LogP contribution in [0.15, 0.2) is 0 Å². The molecule has 2 N–H and O–H groups in total. The molecule has 0 saturated heterocycles. The summed E-state index contributed by atoms with van der Waals surface area (Å²) in [6, 6.07) is 0. The van der Waals surface area contributed by atoms with Crippen molar-refractivity contribution in [3.05, 3.63) is 0 Å². The second-order valence-corrected chi connectivity index (χ2v) is 4.25. The summed E-state index contributed by atoms with van der Waals surface area (Å²) in [7, 11) is 1.57. The Balaban J connectivity index is 3.90. The molecule has 2 unspecified atom stereocenters. The Morgan fingerprint density at radius 3 is 2.38 bits per heavy atom. The zero-order chi connectivity index (χ0) is 12.6. The molecule has 0 fully saturated rings. The number of amides is 1. The molecule has 0 aliphatic rings. The predicted molar refractivity (Wildman–Crippen MR) is 64.1 cm³/mol. The number of ether oxygens (including phenoxy) is 1. The van der Waals surface area contributed by atoms with Gasteiger partial charge in [0.2, 0.25) is 5.91 Å². The molecule has 0 radical (unpaired) electrons. The van der Waals surface area contributed by atoms with Crippen LogP contribution in [-0.4, -0.2) is 37.4 Å². The topological polar surface area (TPSA) is 58.6 Å². The molecule has 0 spiro atoms. The van der Waals surface area contributed by atoms with Crippen molar-refractivity contribution in [3.8, 4) is 0 Å². The number of aliphatic hydroxyl groups is 1. The number of carbonyl (C=O) groups excluding carboxylic acids is 1. The van der Waals surface area contributed by atoms with E-state index in [-0.39, 0.29) is 17.7 Å². The summed E-state index contributed by atoms with van der Waals surface area (Å²) in [4.78, 5) is 11.5. The molecule has 0 rings (SSSR count). The van der Waals surface area contributed by atoms with Crippen molar-refractivity contribution >= 4 is 5.91 Å². The molecule has 0 saturated carbocycles. The molecule has 0 heterocycles. The standard InChI is InChI=1S/C12H25NO3/c1-5-10(6-2)11(14)7-13-12(15)9(3)8-16-4/h9-11,14H,5-8H2,1-4H3,(H,13,15). The van der Waals surface area contributed by atoms with Crippen LogP contribution in [0.25, 0.3) is 0 Å². The lowest BCUT2D eigenvalue weighted by Crippen LogP contribution is -2.39. The number of methoxy groups -OCH3 is 1. The van der Waals surface area contributed by atoms with Crippen LogP contribution in [0.3, 0.4) is 0 Å². The van der Waals surface area contributed by atoms with Crippen LogP contribution in [-0.2, 0) is 9.53 Å². The molecule has 0 aliphatic heterocycles. The summed E-state index contributed by atoms with van der Waals surface area (Å²) in [6.07, 6.45) is 1.41. The molecule has 2 atom stereocenters. The minimum Gasteiger partial charge on any atom is -0.391 e. The Hall–Kier alpha value is -0.610. The van der Waals surface area contributed by atoms with Gasteiger partial charge in [-0.1, -0.05) is 33.6 Å². The summed E-state index contributed by atoms with van der Waals surface area (Å²) in [5.41, 5.74) is 0. The second-order valence-electron chi connectivity index (χ2n) is 4.25. The van der Waals surface area contributed by atoms with Crippen molar-refractivity contribution in [1.29, 1.82) is 0 Å². The summed E-state index contributed by atoms with van der Waals surface area (Å²) < 4.78 is 4.90. The summed E-state index contributed by atoms with van der Waals surface area (Å²) in [6.45, 7) is 6.65. The molecule has 0 aromatic carbocycles. The first-order chi connectivity index (χ1) is 7.56. The lowest BCUT2D eigenvalue weighted by molar-refractivity contribution is -0.126. The van der Waals surface area contributed by atoms with Crippen molar-refractivity contribution in [2.45, 2.75) is 39.7 Å². The van der Waals surface area contributed by atoms with Crippen LogP contribution in [0.5, 0.6) is 0 Å². The summed E-state index contributed by atoms with van der Waals surface area (Å²) >= 11 is 0. The van der Waals surface area contributed by atoms with Gasteiger partial charge in [0.25, 0.3) is 0 Å². The molecule has 96 valence electrons. The third-order valence-corrected chi connectivity index (χ3v) is 2.94. The first-order valence-corrected chi connectivity index (χ1v) is 6.01. The average molecular weight is 231 g/mol. The highest BCUT2D eigenvalue weighted by Crippen LogP contribution is 2.12. The molecule has 0 aliphatic carbocycles. The van der Waals surface area contributed by atoms with Crippen molar-refractivity contribution in [2.24, 2.45) is 11.8 Å². The van der Waals surface area contributed by atoms with Gasteiger partial charge in [-0.3, -0.25) is 4.79 Å². The van der Waals surface area contributed by atoms with Crippen LogP contribution in [0.4, 0.5) is 0 Å². The normalized spacial score (nSPS) is 14.9.